The number of hydrogen-bond acceptors (Lipinski definition) is 12. The molecule has 354 valence electrons. The van der Waals surface area contributed by atoms with Crippen molar-refractivity contribution in [3.63, 3.8) is 0 Å². The van der Waals surface area contributed by atoms with Gasteiger partial charge in [0.05, 0.1) is 31.4 Å². The van der Waals surface area contributed by atoms with Crippen molar-refractivity contribution in [2.45, 2.75) is 98.1 Å². The van der Waals surface area contributed by atoms with Crippen LogP contribution in [0.4, 0.5) is 36.2 Å². The molecule has 0 saturated carbocycles. The Morgan fingerprint density at radius 3 is 2.01 bits per heavy atom. The molecule has 0 aliphatic rings. The normalized spacial score (nSPS) is 12.2. The Morgan fingerprint density at radius 1 is 0.687 bits per heavy atom. The smallest absolute Gasteiger partial charge is 0.424 e. The number of nitrogens with one attached hydrogen (secondary N) is 3. The van der Waals surface area contributed by atoms with E-state index < -0.39 is 59.6 Å². The minimum atomic E-state index is -1.15. The van der Waals surface area contributed by atoms with Gasteiger partial charge in [0.2, 0.25) is 0 Å². The summed E-state index contributed by atoms with van der Waals surface area (Å²) < 4.78 is 27.1. The monoisotopic (exact) mass is 918 g/mol. The lowest BCUT2D eigenvalue weighted by molar-refractivity contribution is -0.143. The average molecular weight is 919 g/mol. The topological polar surface area (TPSA) is 208 Å². The van der Waals surface area contributed by atoms with Gasteiger partial charge in [-0.05, 0) is 119 Å². The van der Waals surface area contributed by atoms with Crippen molar-refractivity contribution in [1.29, 1.82) is 0 Å². The Morgan fingerprint density at radius 2 is 1.37 bits per heavy atom. The van der Waals surface area contributed by atoms with Crippen molar-refractivity contribution >= 4 is 64.1 Å². The summed E-state index contributed by atoms with van der Waals surface area (Å²) in [6, 6.07) is 29.1. The number of nitrogens with zero attached hydrogens (tertiary/aromatic N) is 1. The van der Waals surface area contributed by atoms with Gasteiger partial charge in [0.15, 0.2) is 6.04 Å². The Balaban J connectivity index is 1.22. The van der Waals surface area contributed by atoms with Gasteiger partial charge >= 0.3 is 36.3 Å². The number of alkyl carbamates (subject to hydrolysis) is 1. The van der Waals surface area contributed by atoms with E-state index in [9.17, 15) is 33.9 Å². The molecule has 0 aliphatic carbocycles. The van der Waals surface area contributed by atoms with Gasteiger partial charge in [-0.3, -0.25) is 10.1 Å². The lowest BCUT2D eigenvalue weighted by atomic mass is 9.98. The van der Waals surface area contributed by atoms with Gasteiger partial charge in [-0.2, -0.15) is 4.90 Å². The maximum Gasteiger partial charge on any atom is 0.424 e. The number of imide groups is 1. The van der Waals surface area contributed by atoms with Crippen molar-refractivity contribution in [2.24, 2.45) is 0 Å². The summed E-state index contributed by atoms with van der Waals surface area (Å²) in [7, 11) is 0. The zero-order valence-electron chi connectivity index (χ0n) is 39.0. The van der Waals surface area contributed by atoms with Crippen LogP contribution in [0.2, 0.25) is 0 Å². The van der Waals surface area contributed by atoms with Crippen LogP contribution >= 0.6 is 0 Å². The molecule has 0 bridgehead atoms. The molecular weight excluding hydrogens is 861 g/mol. The number of benzene rings is 5. The molecule has 1 unspecified atom stereocenters. The molecule has 16 heteroatoms. The lowest BCUT2D eigenvalue weighted by Crippen LogP contribution is -2.43. The zero-order valence-corrected chi connectivity index (χ0v) is 39.0. The molecule has 0 heterocycles. The third kappa shape index (κ3) is 15.2. The molecule has 0 radical (unpaired) electrons. The maximum atomic E-state index is 13.4. The van der Waals surface area contributed by atoms with E-state index in [1.54, 1.807) is 127 Å². The molecule has 16 nitrogen and oxygen atoms in total. The fraction of sp³-hybridized carbons (Fsp3) is 0.333. The minimum Gasteiger partial charge on any atom is -0.479 e. The van der Waals surface area contributed by atoms with Gasteiger partial charge in [0.1, 0.15) is 17.8 Å². The van der Waals surface area contributed by atoms with Gasteiger partial charge in [0, 0.05) is 23.2 Å². The van der Waals surface area contributed by atoms with Gasteiger partial charge in [-0.1, -0.05) is 78.9 Å². The first kappa shape index (κ1) is 50.4. The molecule has 0 saturated heterocycles. The van der Waals surface area contributed by atoms with E-state index in [1.807, 2.05) is 37.3 Å². The predicted octanol–water partition coefficient (Wildman–Crippen LogP) is 10.8. The second kappa shape index (κ2) is 22.5. The number of carbonyl (C=O) groups excluding carboxylic acids is 5. The number of carboxylic acids is 1. The molecule has 5 aromatic rings. The summed E-state index contributed by atoms with van der Waals surface area (Å²) in [5.41, 5.74) is 2.65. The lowest BCUT2D eigenvalue weighted by Gasteiger charge is -2.29. The number of carboxylic acid groups (broad SMARTS) is 1. The maximum absolute atomic E-state index is 13.4. The second-order valence-corrected chi connectivity index (χ2v) is 17.5. The van der Waals surface area contributed by atoms with Crippen LogP contribution in [-0.2, 0) is 46.3 Å². The summed E-state index contributed by atoms with van der Waals surface area (Å²) in [5.74, 6) is -1.66. The van der Waals surface area contributed by atoms with E-state index >= 15 is 0 Å². The first-order valence-corrected chi connectivity index (χ1v) is 21.7. The molecule has 0 spiro atoms. The summed E-state index contributed by atoms with van der Waals surface area (Å²) in [4.78, 5) is 78.4. The fourth-order valence-electron chi connectivity index (χ4n) is 6.86. The quantitative estimate of drug-likeness (QED) is 0.0537. The van der Waals surface area contributed by atoms with Crippen molar-refractivity contribution in [1.82, 2.24) is 5.32 Å². The van der Waals surface area contributed by atoms with Crippen LogP contribution in [0.5, 0.6) is 0 Å². The fourth-order valence-corrected chi connectivity index (χ4v) is 6.86. The number of esters is 1. The minimum absolute atomic E-state index is 0.00494. The van der Waals surface area contributed by atoms with Crippen molar-refractivity contribution in [3.05, 3.63) is 137 Å². The Hall–Kier alpha value is -7.62. The van der Waals surface area contributed by atoms with E-state index in [2.05, 4.69) is 16.0 Å². The number of anilines is 3. The summed E-state index contributed by atoms with van der Waals surface area (Å²) in [6.45, 7) is 13.9. The van der Waals surface area contributed by atoms with E-state index in [1.165, 1.54) is 0 Å². The molecule has 67 heavy (non-hydrogen) atoms. The molecule has 5 rings (SSSR count). The SMILES string of the molecule is CCOC(=O)C[C@H](NC(=O)OCc1ccccc1)c1cccc(NC(=O)OCCc2ccc(C(Nc3ccc4c(N(C(=O)OC(C)(C)C)C(=O)OC(C)(C)C)cccc4c3)C(=O)O)cc2C)c1. The highest BCUT2D eigenvalue weighted by atomic mass is 16.6. The number of aryl methyl sites for hydroxylation is 1. The Kier molecular flexibility index (Phi) is 16.9. The van der Waals surface area contributed by atoms with Crippen LogP contribution in [-0.4, -0.2) is 65.8 Å². The van der Waals surface area contributed by atoms with Crippen LogP contribution in [0.3, 0.4) is 0 Å². The average Bonchev–Trinajstić information content (AvgIpc) is 3.24. The highest BCUT2D eigenvalue weighted by molar-refractivity contribution is 6.15. The first-order chi connectivity index (χ1) is 31.7. The molecule has 4 N–H and O–H groups in total. The van der Waals surface area contributed by atoms with E-state index in [0.717, 1.165) is 21.6 Å². The summed E-state index contributed by atoms with van der Waals surface area (Å²) in [5, 5.41) is 20.0. The van der Waals surface area contributed by atoms with Crippen LogP contribution in [0, 0.1) is 6.92 Å². The van der Waals surface area contributed by atoms with Crippen molar-refractivity contribution in [3.8, 4) is 0 Å². The zero-order chi connectivity index (χ0) is 48.9. The van der Waals surface area contributed by atoms with E-state index in [-0.39, 0.29) is 31.9 Å². The molecule has 0 aliphatic heterocycles. The number of ether oxygens (including phenoxy) is 5. The molecule has 0 fully saturated rings. The van der Waals surface area contributed by atoms with Crippen LogP contribution in [0.1, 0.15) is 94.8 Å². The number of carbonyl (C=O) groups is 6. The summed E-state index contributed by atoms with van der Waals surface area (Å²) >= 11 is 0. The van der Waals surface area contributed by atoms with Crippen LogP contribution < -0.4 is 20.9 Å². The second-order valence-electron chi connectivity index (χ2n) is 17.5. The van der Waals surface area contributed by atoms with Gasteiger partial charge in [0.25, 0.3) is 0 Å². The molecule has 0 aromatic heterocycles. The summed E-state index contributed by atoms with van der Waals surface area (Å²) in [6.07, 6.45) is -3.13. The molecule has 4 amide bonds. The Bertz CT molecular complexity index is 2540. The highest BCUT2D eigenvalue weighted by Crippen LogP contribution is 2.33. The standard InChI is InChI=1S/C51H58N4O12/c1-9-63-43(56)30-41(54-47(60)65-31-33-15-11-10-12-16-33)36-18-13-19-38(29-36)53-46(59)64-26-25-34-21-22-37(27-32(34)2)44(45(57)58)52-39-23-24-40-35(28-39)17-14-20-42(40)55(48(61)66-50(3,4)5)49(62)67-51(6,7)8/h10-24,27-29,41,44,52H,9,25-26,30-31H2,1-8H3,(H,53,59)(H,54,60)(H,57,58)/t41-,44?/m0/s1. The third-order valence-corrected chi connectivity index (χ3v) is 9.83. The first-order valence-electron chi connectivity index (χ1n) is 21.7. The number of rotatable bonds is 16. The third-order valence-electron chi connectivity index (χ3n) is 9.83. The van der Waals surface area contributed by atoms with E-state index in [0.29, 0.717) is 39.7 Å². The molecular formula is C51H58N4O12. The van der Waals surface area contributed by atoms with E-state index in [4.69, 9.17) is 23.7 Å². The number of fused-ring (bicyclic) bond motifs is 1. The highest BCUT2D eigenvalue weighted by Gasteiger charge is 2.34. The number of amides is 4. The van der Waals surface area contributed by atoms with Gasteiger partial charge < -0.3 is 39.4 Å². The number of aliphatic carboxylic acids is 1. The van der Waals surface area contributed by atoms with Gasteiger partial charge in [-0.15, -0.1) is 0 Å². The number of hydrogen-bond donors (Lipinski definition) is 4. The van der Waals surface area contributed by atoms with Gasteiger partial charge in [-0.25, -0.2) is 24.0 Å². The molecule has 5 aromatic carbocycles. The van der Waals surface area contributed by atoms with Crippen LogP contribution in [0.25, 0.3) is 10.8 Å². The largest absolute Gasteiger partial charge is 0.479 e. The van der Waals surface area contributed by atoms with Crippen LogP contribution in [0.15, 0.2) is 109 Å². The Labute approximate surface area is 389 Å². The predicted molar refractivity (Wildman–Crippen MR) is 253 cm³/mol. The van der Waals surface area contributed by atoms with Crippen molar-refractivity contribution in [2.75, 3.05) is 28.7 Å². The van der Waals surface area contributed by atoms with Crippen molar-refractivity contribution < 1.29 is 57.6 Å². The molecule has 2 atom stereocenters.